The van der Waals surface area contributed by atoms with Crippen LogP contribution >= 0.6 is 11.8 Å². The summed E-state index contributed by atoms with van der Waals surface area (Å²) in [5.41, 5.74) is 5.03. The number of nitrogens with zero attached hydrogens (tertiary/aromatic N) is 1. The van der Waals surface area contributed by atoms with Crippen LogP contribution in [0.4, 0.5) is 9.18 Å². The highest BCUT2D eigenvalue weighted by atomic mass is 32.2. The minimum atomic E-state index is -0.242. The standard InChI is InChI=1S/C18H19FN4OS/c19-14-8-4-5-12(9-14)11-25-17-21-16-15(13-6-2-1-3-7-13)10-20-23(16)18(24)22-17/h1-9,15-17,20-21H,10-11H2,(H,22,24). The van der Waals surface area contributed by atoms with Gasteiger partial charge in [-0.1, -0.05) is 42.5 Å². The van der Waals surface area contributed by atoms with Crippen LogP contribution in [0, 0.1) is 5.82 Å². The number of carbonyl (C=O) groups is 1. The predicted molar refractivity (Wildman–Crippen MR) is 96.0 cm³/mol. The molecule has 0 saturated carbocycles. The lowest BCUT2D eigenvalue weighted by atomic mass is 9.97. The second-order valence-corrected chi connectivity index (χ2v) is 7.22. The first-order valence-electron chi connectivity index (χ1n) is 8.21. The van der Waals surface area contributed by atoms with Gasteiger partial charge in [0.25, 0.3) is 0 Å². The maximum absolute atomic E-state index is 13.3. The van der Waals surface area contributed by atoms with Gasteiger partial charge in [-0.15, -0.1) is 11.8 Å². The summed E-state index contributed by atoms with van der Waals surface area (Å²) in [7, 11) is 0. The predicted octanol–water partition coefficient (Wildman–Crippen LogP) is 2.59. The van der Waals surface area contributed by atoms with Crippen LogP contribution in [0.2, 0.25) is 0 Å². The molecule has 4 rings (SSSR count). The average molecular weight is 358 g/mol. The topological polar surface area (TPSA) is 56.4 Å². The summed E-state index contributed by atoms with van der Waals surface area (Å²) >= 11 is 1.54. The van der Waals surface area contributed by atoms with Crippen molar-refractivity contribution in [2.24, 2.45) is 0 Å². The van der Waals surface area contributed by atoms with Gasteiger partial charge < -0.3 is 5.32 Å². The zero-order valence-electron chi connectivity index (χ0n) is 13.5. The van der Waals surface area contributed by atoms with Crippen LogP contribution < -0.4 is 16.1 Å². The Morgan fingerprint density at radius 3 is 2.80 bits per heavy atom. The maximum Gasteiger partial charge on any atom is 0.335 e. The Labute approximate surface area is 149 Å². The minimum absolute atomic E-state index is 0.110. The number of nitrogens with one attached hydrogen (secondary N) is 3. The van der Waals surface area contributed by atoms with Gasteiger partial charge in [-0.2, -0.15) is 0 Å². The van der Waals surface area contributed by atoms with Gasteiger partial charge in [0, 0.05) is 18.2 Å². The third-order valence-corrected chi connectivity index (χ3v) is 5.56. The second kappa shape index (κ2) is 7.03. The van der Waals surface area contributed by atoms with E-state index in [1.54, 1.807) is 22.8 Å². The van der Waals surface area contributed by atoms with E-state index in [1.807, 2.05) is 24.3 Å². The number of hydrogen-bond donors (Lipinski definition) is 3. The maximum atomic E-state index is 13.3. The molecule has 2 aliphatic heterocycles. The Kier molecular flexibility index (Phi) is 4.61. The highest BCUT2D eigenvalue weighted by molar-refractivity contribution is 7.99. The van der Waals surface area contributed by atoms with Gasteiger partial charge in [0.2, 0.25) is 0 Å². The molecule has 0 bridgehead atoms. The van der Waals surface area contributed by atoms with Gasteiger partial charge in [0.1, 0.15) is 17.5 Å². The second-order valence-electron chi connectivity index (χ2n) is 6.13. The summed E-state index contributed by atoms with van der Waals surface area (Å²) in [5, 5.41) is 8.03. The minimum Gasteiger partial charge on any atom is -0.312 e. The molecule has 2 aromatic carbocycles. The molecular weight excluding hydrogens is 339 g/mol. The Morgan fingerprint density at radius 1 is 1.16 bits per heavy atom. The first kappa shape index (κ1) is 16.4. The number of halogens is 1. The number of thioether (sulfide) groups is 1. The van der Waals surface area contributed by atoms with Crippen LogP contribution in [0.25, 0.3) is 0 Å². The van der Waals surface area contributed by atoms with E-state index in [4.69, 9.17) is 0 Å². The molecule has 0 aromatic heterocycles. The number of hydrazine groups is 1. The van der Waals surface area contributed by atoms with Crippen molar-refractivity contribution < 1.29 is 9.18 Å². The van der Waals surface area contributed by atoms with E-state index in [9.17, 15) is 9.18 Å². The fraction of sp³-hybridized carbons (Fsp3) is 0.278. The van der Waals surface area contributed by atoms with Crippen molar-refractivity contribution >= 4 is 17.8 Å². The molecule has 2 aliphatic rings. The van der Waals surface area contributed by atoms with Gasteiger partial charge in [-0.3, -0.25) is 5.32 Å². The summed E-state index contributed by atoms with van der Waals surface area (Å²) in [4.78, 5) is 12.4. The van der Waals surface area contributed by atoms with Crippen molar-refractivity contribution in [3.63, 3.8) is 0 Å². The van der Waals surface area contributed by atoms with E-state index in [0.29, 0.717) is 12.3 Å². The van der Waals surface area contributed by atoms with E-state index < -0.39 is 0 Å². The molecule has 25 heavy (non-hydrogen) atoms. The van der Waals surface area contributed by atoms with E-state index >= 15 is 0 Å². The van der Waals surface area contributed by atoms with Gasteiger partial charge >= 0.3 is 6.03 Å². The zero-order chi connectivity index (χ0) is 17.2. The Bertz CT molecular complexity index is 760. The molecule has 3 atom stereocenters. The fourth-order valence-electron chi connectivity index (χ4n) is 3.25. The largest absolute Gasteiger partial charge is 0.335 e. The number of urea groups is 1. The van der Waals surface area contributed by atoms with Crippen molar-refractivity contribution in [1.29, 1.82) is 0 Å². The molecule has 2 aromatic rings. The number of benzene rings is 2. The number of amides is 2. The van der Waals surface area contributed by atoms with Crippen LogP contribution in [-0.2, 0) is 5.75 Å². The van der Waals surface area contributed by atoms with Crippen LogP contribution in [0.1, 0.15) is 17.0 Å². The lowest BCUT2D eigenvalue weighted by Gasteiger charge is -2.37. The third-order valence-electron chi connectivity index (χ3n) is 4.47. The highest BCUT2D eigenvalue weighted by Crippen LogP contribution is 2.29. The first-order valence-corrected chi connectivity index (χ1v) is 9.26. The normalized spacial score (nSPS) is 25.6. The molecular formula is C18H19FN4OS. The van der Waals surface area contributed by atoms with Gasteiger partial charge in [0.15, 0.2) is 0 Å². The van der Waals surface area contributed by atoms with Crippen molar-refractivity contribution in [3.05, 3.63) is 71.5 Å². The van der Waals surface area contributed by atoms with E-state index in [0.717, 1.165) is 5.56 Å². The van der Waals surface area contributed by atoms with Gasteiger partial charge in [-0.05, 0) is 23.3 Å². The van der Waals surface area contributed by atoms with Gasteiger partial charge in [0.05, 0.1) is 0 Å². The average Bonchev–Trinajstić information content (AvgIpc) is 3.05. The SMILES string of the molecule is O=C1NC(SCc2cccc(F)c2)NC2C(c3ccccc3)CNN12. The van der Waals surface area contributed by atoms with Crippen LogP contribution in [0.3, 0.4) is 0 Å². The van der Waals surface area contributed by atoms with E-state index in [2.05, 4.69) is 28.2 Å². The lowest BCUT2D eigenvalue weighted by Crippen LogP contribution is -2.65. The van der Waals surface area contributed by atoms with E-state index in [1.165, 1.54) is 17.7 Å². The first-order chi connectivity index (χ1) is 12.2. The summed E-state index contributed by atoms with van der Waals surface area (Å²) in [6.45, 7) is 0.705. The van der Waals surface area contributed by atoms with E-state index in [-0.39, 0.29) is 29.4 Å². The van der Waals surface area contributed by atoms with Crippen molar-refractivity contribution in [2.45, 2.75) is 23.3 Å². The quantitative estimate of drug-likeness (QED) is 0.786. The fourth-order valence-corrected chi connectivity index (χ4v) is 4.21. The van der Waals surface area contributed by atoms with Gasteiger partial charge in [-0.25, -0.2) is 19.6 Å². The summed E-state index contributed by atoms with van der Waals surface area (Å²) in [6.07, 6.45) is -0.110. The number of fused-ring (bicyclic) bond motifs is 1. The van der Waals surface area contributed by atoms with Crippen molar-refractivity contribution in [3.8, 4) is 0 Å². The Morgan fingerprint density at radius 2 is 2.00 bits per heavy atom. The number of hydrogen-bond acceptors (Lipinski definition) is 4. The molecule has 2 saturated heterocycles. The molecule has 2 fully saturated rings. The molecule has 0 radical (unpaired) electrons. The molecule has 0 spiro atoms. The monoisotopic (exact) mass is 358 g/mol. The van der Waals surface area contributed by atoms with Crippen LogP contribution in [0.5, 0.6) is 0 Å². The molecule has 5 nitrogen and oxygen atoms in total. The summed E-state index contributed by atoms with van der Waals surface area (Å²) < 4.78 is 13.3. The molecule has 130 valence electrons. The summed E-state index contributed by atoms with van der Waals surface area (Å²) in [6, 6.07) is 16.6. The van der Waals surface area contributed by atoms with Crippen molar-refractivity contribution in [1.82, 2.24) is 21.1 Å². The van der Waals surface area contributed by atoms with Crippen molar-refractivity contribution in [2.75, 3.05) is 6.54 Å². The molecule has 2 amide bonds. The molecule has 3 N–H and O–H groups in total. The zero-order valence-corrected chi connectivity index (χ0v) is 14.3. The highest BCUT2D eigenvalue weighted by Gasteiger charge is 2.43. The Balaban J connectivity index is 1.45. The smallest absolute Gasteiger partial charge is 0.312 e. The van der Waals surface area contributed by atoms with Crippen LogP contribution in [0.15, 0.2) is 54.6 Å². The number of rotatable bonds is 4. The molecule has 2 heterocycles. The number of carbonyl (C=O) groups excluding carboxylic acids is 1. The third kappa shape index (κ3) is 3.49. The molecule has 3 unspecified atom stereocenters. The Hall–Kier alpha value is -2.09. The molecule has 0 aliphatic carbocycles. The summed E-state index contributed by atoms with van der Waals surface area (Å²) in [5.74, 6) is 0.560. The lowest BCUT2D eigenvalue weighted by molar-refractivity contribution is 0.128. The van der Waals surface area contributed by atoms with Crippen LogP contribution in [-0.4, -0.2) is 29.2 Å². The molecule has 7 heteroatoms.